The number of fused-ring (bicyclic) bond motifs is 1. The average Bonchev–Trinajstić information content (AvgIpc) is 2.89. The lowest BCUT2D eigenvalue weighted by atomic mass is 10.2. The number of pyridine rings is 1. The first-order valence-electron chi connectivity index (χ1n) is 6.10. The molecule has 0 aliphatic heterocycles. The van der Waals surface area contributed by atoms with Crippen molar-refractivity contribution in [3.8, 4) is 0 Å². The van der Waals surface area contributed by atoms with Gasteiger partial charge >= 0.3 is 0 Å². The number of nitrogens with two attached hydrogens (primary N) is 1. The molecule has 2 aromatic heterocycles. The van der Waals surface area contributed by atoms with E-state index in [1.54, 1.807) is 6.07 Å². The molecule has 0 aliphatic rings. The maximum absolute atomic E-state index is 10.8. The Bertz CT molecular complexity index is 817. The van der Waals surface area contributed by atoms with E-state index in [-0.39, 0.29) is 5.69 Å². The lowest BCUT2D eigenvalue weighted by molar-refractivity contribution is -0.384. The molecule has 0 bridgehead atoms. The van der Waals surface area contributed by atoms with E-state index < -0.39 is 4.92 Å². The number of rotatable bonds is 4. The molecule has 3 aromatic rings. The molecule has 2 N–H and O–H groups in total. The Kier molecular flexibility index (Phi) is 3.44. The van der Waals surface area contributed by atoms with E-state index in [1.807, 2.05) is 28.8 Å². The van der Waals surface area contributed by atoms with Gasteiger partial charge in [-0.3, -0.25) is 14.5 Å². The number of nitrogens with zero attached hydrogens (tertiary/aromatic N) is 4. The Morgan fingerprint density at radius 2 is 2.14 bits per heavy atom. The Morgan fingerprint density at radius 1 is 1.29 bits per heavy atom. The number of hydrogen-bond donors (Lipinski definition) is 1. The Morgan fingerprint density at radius 3 is 2.95 bits per heavy atom. The number of nitro benzene ring substituents is 1. The summed E-state index contributed by atoms with van der Waals surface area (Å²) in [6, 6.07) is 10.1. The van der Waals surface area contributed by atoms with Gasteiger partial charge in [0.1, 0.15) is 0 Å². The van der Waals surface area contributed by atoms with Crippen molar-refractivity contribution < 1.29 is 4.92 Å². The molecule has 8 heteroatoms. The van der Waals surface area contributed by atoms with Gasteiger partial charge in [0, 0.05) is 29.8 Å². The van der Waals surface area contributed by atoms with Crippen molar-refractivity contribution >= 4 is 28.8 Å². The van der Waals surface area contributed by atoms with Crippen LogP contribution < -0.4 is 5.73 Å². The first-order valence-corrected chi connectivity index (χ1v) is 7.09. The minimum Gasteiger partial charge on any atom is -0.398 e. The largest absolute Gasteiger partial charge is 0.398 e. The number of aromatic nitrogens is 3. The molecule has 1 aromatic carbocycles. The predicted molar refractivity (Wildman–Crippen MR) is 80.1 cm³/mol. The van der Waals surface area contributed by atoms with E-state index in [9.17, 15) is 10.1 Å². The standard InChI is InChI=1S/C13H11N5O2S/c14-11-5-4-10(18(19)20)7-9(11)8-21-13-16-15-12-3-1-2-6-17(12)13/h1-7H,8,14H2. The maximum Gasteiger partial charge on any atom is 0.269 e. The molecule has 0 spiro atoms. The van der Waals surface area contributed by atoms with E-state index in [4.69, 9.17) is 5.73 Å². The SMILES string of the molecule is Nc1ccc([N+](=O)[O-])cc1CSc1nnc2ccccn12. The van der Waals surface area contributed by atoms with Crippen LogP contribution in [0.3, 0.4) is 0 Å². The van der Waals surface area contributed by atoms with Gasteiger partial charge in [0.25, 0.3) is 5.69 Å². The molecule has 3 rings (SSSR count). The highest BCUT2D eigenvalue weighted by Crippen LogP contribution is 2.27. The minimum atomic E-state index is -0.430. The number of anilines is 1. The molecule has 106 valence electrons. The lowest BCUT2D eigenvalue weighted by Gasteiger charge is -2.04. The monoisotopic (exact) mass is 301 g/mol. The molecule has 0 fully saturated rings. The summed E-state index contributed by atoms with van der Waals surface area (Å²) < 4.78 is 1.86. The zero-order valence-corrected chi connectivity index (χ0v) is 11.7. The Balaban J connectivity index is 1.84. The number of nitro groups is 1. The molecule has 0 saturated carbocycles. The van der Waals surface area contributed by atoms with Gasteiger partial charge in [-0.25, -0.2) is 0 Å². The summed E-state index contributed by atoms with van der Waals surface area (Å²) in [5.74, 6) is 0.489. The van der Waals surface area contributed by atoms with Gasteiger partial charge in [0.15, 0.2) is 10.8 Å². The molecule has 0 aliphatic carbocycles. The molecule has 0 unspecified atom stereocenters. The lowest BCUT2D eigenvalue weighted by Crippen LogP contribution is -1.96. The van der Waals surface area contributed by atoms with Crippen LogP contribution in [0.5, 0.6) is 0 Å². The highest BCUT2D eigenvalue weighted by molar-refractivity contribution is 7.98. The van der Waals surface area contributed by atoms with Gasteiger partial charge in [0.05, 0.1) is 4.92 Å². The normalized spacial score (nSPS) is 10.9. The first kappa shape index (κ1) is 13.4. The molecule has 2 heterocycles. The second-order valence-electron chi connectivity index (χ2n) is 4.34. The van der Waals surface area contributed by atoms with Crippen LogP contribution >= 0.6 is 11.8 Å². The molecule has 21 heavy (non-hydrogen) atoms. The fraction of sp³-hybridized carbons (Fsp3) is 0.0769. The summed E-state index contributed by atoms with van der Waals surface area (Å²) >= 11 is 1.43. The predicted octanol–water partition coefficient (Wildman–Crippen LogP) is 2.51. The molecule has 0 atom stereocenters. The number of nitrogen functional groups attached to an aromatic ring is 1. The van der Waals surface area contributed by atoms with Crippen LogP contribution in [-0.2, 0) is 5.75 Å². The van der Waals surface area contributed by atoms with Gasteiger partial charge in [-0.1, -0.05) is 17.8 Å². The van der Waals surface area contributed by atoms with Crippen molar-refractivity contribution in [1.82, 2.24) is 14.6 Å². The van der Waals surface area contributed by atoms with E-state index in [0.717, 1.165) is 10.8 Å². The van der Waals surface area contributed by atoms with Gasteiger partial charge in [0.2, 0.25) is 0 Å². The van der Waals surface area contributed by atoms with Crippen LogP contribution in [-0.4, -0.2) is 19.5 Å². The van der Waals surface area contributed by atoms with Crippen LogP contribution in [0.15, 0.2) is 47.8 Å². The quantitative estimate of drug-likeness (QED) is 0.344. The summed E-state index contributed by atoms with van der Waals surface area (Å²) in [6.07, 6.45) is 1.87. The zero-order chi connectivity index (χ0) is 14.8. The van der Waals surface area contributed by atoms with Gasteiger partial charge in [-0.2, -0.15) is 0 Å². The Hall–Kier alpha value is -2.61. The van der Waals surface area contributed by atoms with Gasteiger partial charge < -0.3 is 5.73 Å². The molecule has 0 amide bonds. The topological polar surface area (TPSA) is 99.3 Å². The summed E-state index contributed by atoms with van der Waals surface area (Å²) in [4.78, 5) is 10.4. The summed E-state index contributed by atoms with van der Waals surface area (Å²) in [6.45, 7) is 0. The van der Waals surface area contributed by atoms with Crippen molar-refractivity contribution in [3.63, 3.8) is 0 Å². The average molecular weight is 301 g/mol. The van der Waals surface area contributed by atoms with Crippen molar-refractivity contribution in [2.45, 2.75) is 10.9 Å². The first-order chi connectivity index (χ1) is 10.1. The van der Waals surface area contributed by atoms with E-state index in [0.29, 0.717) is 17.0 Å². The smallest absolute Gasteiger partial charge is 0.269 e. The summed E-state index contributed by atoms with van der Waals surface area (Å²) in [7, 11) is 0. The molecule has 0 radical (unpaired) electrons. The van der Waals surface area contributed by atoms with E-state index in [1.165, 1.54) is 23.9 Å². The van der Waals surface area contributed by atoms with Crippen molar-refractivity contribution in [1.29, 1.82) is 0 Å². The van der Waals surface area contributed by atoms with Crippen LogP contribution in [0.1, 0.15) is 5.56 Å². The van der Waals surface area contributed by atoms with E-state index >= 15 is 0 Å². The molecular weight excluding hydrogens is 290 g/mol. The zero-order valence-electron chi connectivity index (χ0n) is 10.8. The summed E-state index contributed by atoms with van der Waals surface area (Å²) in [5, 5.41) is 19.7. The molecule has 7 nitrogen and oxygen atoms in total. The third-order valence-corrected chi connectivity index (χ3v) is 3.97. The second kappa shape index (κ2) is 5.41. The third kappa shape index (κ3) is 2.65. The maximum atomic E-state index is 10.8. The summed E-state index contributed by atoms with van der Waals surface area (Å²) in [5.41, 5.74) is 7.89. The van der Waals surface area contributed by atoms with Gasteiger partial charge in [-0.15, -0.1) is 10.2 Å². The molecular formula is C13H11N5O2S. The molecule has 0 saturated heterocycles. The third-order valence-electron chi connectivity index (χ3n) is 2.98. The van der Waals surface area contributed by atoms with Crippen molar-refractivity contribution in [2.75, 3.05) is 5.73 Å². The number of benzene rings is 1. The van der Waals surface area contributed by atoms with Crippen LogP contribution in [0.4, 0.5) is 11.4 Å². The Labute approximate surface area is 123 Å². The highest BCUT2D eigenvalue weighted by Gasteiger charge is 2.11. The van der Waals surface area contributed by atoms with Gasteiger partial charge in [-0.05, 0) is 23.8 Å². The fourth-order valence-electron chi connectivity index (χ4n) is 1.89. The van der Waals surface area contributed by atoms with Crippen LogP contribution in [0, 0.1) is 10.1 Å². The number of thioether (sulfide) groups is 1. The van der Waals surface area contributed by atoms with Crippen LogP contribution in [0.25, 0.3) is 5.65 Å². The number of non-ortho nitro benzene ring substituents is 1. The number of hydrogen-bond acceptors (Lipinski definition) is 6. The van der Waals surface area contributed by atoms with Crippen molar-refractivity contribution in [2.24, 2.45) is 0 Å². The minimum absolute atomic E-state index is 0.0332. The van der Waals surface area contributed by atoms with Crippen LogP contribution in [0.2, 0.25) is 0 Å². The second-order valence-corrected chi connectivity index (χ2v) is 5.28. The van der Waals surface area contributed by atoms with Crippen molar-refractivity contribution in [3.05, 3.63) is 58.3 Å². The van der Waals surface area contributed by atoms with E-state index in [2.05, 4.69) is 10.2 Å². The fourth-order valence-corrected chi connectivity index (χ4v) is 2.82. The highest BCUT2D eigenvalue weighted by atomic mass is 32.2.